The summed E-state index contributed by atoms with van der Waals surface area (Å²) < 4.78 is 10.7. The predicted molar refractivity (Wildman–Crippen MR) is 87.0 cm³/mol. The lowest BCUT2D eigenvalue weighted by molar-refractivity contribution is -0.726. The van der Waals surface area contributed by atoms with Gasteiger partial charge < -0.3 is 4.74 Å². The van der Waals surface area contributed by atoms with Gasteiger partial charge in [0.05, 0.1) is 17.8 Å². The molecule has 2 saturated carbocycles. The number of aromatic nitrogens is 1. The van der Waals surface area contributed by atoms with Crippen LogP contribution in [-0.2, 0) is 9.53 Å². The molecule has 114 valence electrons. The molecule has 2 heterocycles. The summed E-state index contributed by atoms with van der Waals surface area (Å²) in [6.07, 6.45) is 2.21. The highest BCUT2D eigenvalue weighted by molar-refractivity contribution is 8.01. The SMILES string of the molecule is CCOC(=O)[C@@H]1C[C@H]2C[C@H]1[C@@H]1Sc3sc4ccccc4[n+]3[C@@H]21. The molecule has 5 rings (SSSR count). The fourth-order valence-corrected chi connectivity index (χ4v) is 8.02. The van der Waals surface area contributed by atoms with Gasteiger partial charge in [-0.3, -0.25) is 4.79 Å². The van der Waals surface area contributed by atoms with Crippen molar-refractivity contribution in [1.29, 1.82) is 0 Å². The predicted octanol–water partition coefficient (Wildman–Crippen LogP) is 3.42. The number of carbonyl (C=O) groups excluding carboxylic acids is 1. The molecule has 2 fully saturated rings. The van der Waals surface area contributed by atoms with E-state index in [1.807, 2.05) is 30.0 Å². The topological polar surface area (TPSA) is 30.2 Å². The van der Waals surface area contributed by atoms with E-state index >= 15 is 0 Å². The summed E-state index contributed by atoms with van der Waals surface area (Å²) >= 11 is 3.91. The van der Waals surface area contributed by atoms with Crippen LogP contribution in [0, 0.1) is 17.8 Å². The fourth-order valence-electron chi connectivity index (χ4n) is 4.77. The Morgan fingerprint density at radius 3 is 3.09 bits per heavy atom. The third-order valence-corrected chi connectivity index (χ3v) is 8.31. The number of nitrogens with zero attached hydrogens (tertiary/aromatic N) is 1. The molecular formula is C17H18NO2S2+. The first kappa shape index (κ1) is 13.4. The zero-order valence-electron chi connectivity index (χ0n) is 12.4. The van der Waals surface area contributed by atoms with Gasteiger partial charge in [-0.1, -0.05) is 23.5 Å². The molecule has 1 aromatic heterocycles. The van der Waals surface area contributed by atoms with Crippen LogP contribution >= 0.6 is 23.1 Å². The largest absolute Gasteiger partial charge is 0.466 e. The van der Waals surface area contributed by atoms with Crippen molar-refractivity contribution < 1.29 is 14.1 Å². The van der Waals surface area contributed by atoms with Crippen LogP contribution < -0.4 is 4.57 Å². The quantitative estimate of drug-likeness (QED) is 0.623. The number of esters is 1. The molecule has 0 radical (unpaired) electrons. The molecule has 0 saturated heterocycles. The standard InChI is InChI=1S/C17H18NO2S2/c1-2-20-16(19)11-8-9-7-10(11)15-14(9)18-12-5-3-4-6-13(12)21-17(18)22-15/h3-6,9-11,14-15H,2,7-8H2,1H3/q+1/t9-,10-,11-,14+,15+/m1/s1. The Hall–Kier alpha value is -1.07. The average Bonchev–Trinajstić information content (AvgIpc) is 3.23. The first-order chi connectivity index (χ1) is 10.8. The molecule has 2 aliphatic carbocycles. The highest BCUT2D eigenvalue weighted by atomic mass is 32.2. The molecule has 5 atom stereocenters. The lowest BCUT2D eigenvalue weighted by atomic mass is 9.85. The lowest BCUT2D eigenvalue weighted by Crippen LogP contribution is -2.45. The number of fused-ring (bicyclic) bond motifs is 9. The maximum Gasteiger partial charge on any atom is 0.309 e. The molecule has 3 aliphatic rings. The van der Waals surface area contributed by atoms with Crippen molar-refractivity contribution in [2.75, 3.05) is 6.61 Å². The van der Waals surface area contributed by atoms with Gasteiger partial charge in [-0.2, -0.15) is 4.57 Å². The van der Waals surface area contributed by atoms with Gasteiger partial charge in [0.1, 0.15) is 4.70 Å². The van der Waals surface area contributed by atoms with Gasteiger partial charge >= 0.3 is 5.97 Å². The van der Waals surface area contributed by atoms with Crippen LogP contribution in [0.2, 0.25) is 0 Å². The molecule has 0 amide bonds. The van der Waals surface area contributed by atoms with Crippen molar-refractivity contribution in [2.24, 2.45) is 17.8 Å². The second-order valence-corrected chi connectivity index (χ2v) is 8.99. The van der Waals surface area contributed by atoms with Crippen LogP contribution in [-0.4, -0.2) is 17.8 Å². The highest BCUT2D eigenvalue weighted by Gasteiger charge is 2.64. The van der Waals surface area contributed by atoms with Crippen molar-refractivity contribution >= 4 is 39.3 Å². The fraction of sp³-hybridized carbons (Fsp3) is 0.529. The number of thiazole rings is 1. The number of thioether (sulfide) groups is 1. The molecule has 5 heteroatoms. The third-order valence-electron chi connectivity index (χ3n) is 5.53. The number of hydrogen-bond donors (Lipinski definition) is 0. The lowest BCUT2D eigenvalue weighted by Gasteiger charge is -2.26. The number of benzene rings is 1. The van der Waals surface area contributed by atoms with E-state index in [2.05, 4.69) is 28.8 Å². The van der Waals surface area contributed by atoms with Crippen molar-refractivity contribution in [3.8, 4) is 0 Å². The summed E-state index contributed by atoms with van der Waals surface area (Å²) in [5.74, 6) is 1.32. The van der Waals surface area contributed by atoms with E-state index in [1.165, 1.54) is 21.0 Å². The van der Waals surface area contributed by atoms with Crippen LogP contribution in [0.3, 0.4) is 0 Å². The minimum absolute atomic E-state index is 0.0409. The number of carbonyl (C=O) groups is 1. The van der Waals surface area contributed by atoms with Crippen LogP contribution in [0.15, 0.2) is 28.6 Å². The van der Waals surface area contributed by atoms with Gasteiger partial charge in [0.15, 0.2) is 6.04 Å². The van der Waals surface area contributed by atoms with E-state index in [9.17, 15) is 4.79 Å². The van der Waals surface area contributed by atoms with E-state index in [-0.39, 0.29) is 11.9 Å². The van der Waals surface area contributed by atoms with Crippen molar-refractivity contribution in [3.05, 3.63) is 24.3 Å². The highest BCUT2D eigenvalue weighted by Crippen LogP contribution is 2.61. The maximum absolute atomic E-state index is 12.2. The van der Waals surface area contributed by atoms with Gasteiger partial charge in [-0.15, -0.1) is 0 Å². The molecule has 3 nitrogen and oxygen atoms in total. The first-order valence-electron chi connectivity index (χ1n) is 8.04. The van der Waals surface area contributed by atoms with E-state index in [0.717, 1.165) is 6.42 Å². The number of ether oxygens (including phenoxy) is 1. The summed E-state index contributed by atoms with van der Waals surface area (Å²) in [4.78, 5) is 12.2. The Morgan fingerprint density at radius 1 is 1.36 bits per heavy atom. The van der Waals surface area contributed by atoms with Gasteiger partial charge in [0, 0.05) is 12.0 Å². The van der Waals surface area contributed by atoms with E-state index in [4.69, 9.17) is 4.74 Å². The summed E-state index contributed by atoms with van der Waals surface area (Å²) in [7, 11) is 0. The van der Waals surface area contributed by atoms with Gasteiger partial charge in [-0.05, 0) is 43.5 Å². The van der Waals surface area contributed by atoms with Crippen molar-refractivity contribution in [3.63, 3.8) is 0 Å². The van der Waals surface area contributed by atoms with E-state index in [1.54, 1.807) is 0 Å². The zero-order chi connectivity index (χ0) is 14.8. The molecule has 1 aliphatic heterocycles. The summed E-state index contributed by atoms with van der Waals surface area (Å²) in [6.45, 7) is 2.40. The molecule has 2 bridgehead atoms. The van der Waals surface area contributed by atoms with Crippen LogP contribution in [0.1, 0.15) is 25.8 Å². The summed E-state index contributed by atoms with van der Waals surface area (Å²) in [6, 6.07) is 9.30. The maximum atomic E-state index is 12.2. The molecular weight excluding hydrogens is 314 g/mol. The molecule has 2 aromatic rings. The van der Waals surface area contributed by atoms with Crippen LogP contribution in [0.25, 0.3) is 10.2 Å². The smallest absolute Gasteiger partial charge is 0.309 e. The molecule has 22 heavy (non-hydrogen) atoms. The monoisotopic (exact) mass is 332 g/mol. The molecule has 0 spiro atoms. The minimum Gasteiger partial charge on any atom is -0.466 e. The summed E-state index contributed by atoms with van der Waals surface area (Å²) in [5.41, 5.74) is 1.38. The molecule has 0 unspecified atom stereocenters. The molecule has 0 N–H and O–H groups in total. The van der Waals surface area contributed by atoms with E-state index < -0.39 is 0 Å². The zero-order valence-corrected chi connectivity index (χ0v) is 14.0. The Balaban J connectivity index is 1.52. The normalized spacial score (nSPS) is 34.9. The first-order valence-corrected chi connectivity index (χ1v) is 9.74. The minimum atomic E-state index is 0.0409. The van der Waals surface area contributed by atoms with Gasteiger partial charge in [0.25, 0.3) is 4.34 Å². The van der Waals surface area contributed by atoms with E-state index in [0.29, 0.717) is 29.7 Å². The molecule has 1 aromatic carbocycles. The number of hydrogen-bond acceptors (Lipinski definition) is 4. The Morgan fingerprint density at radius 2 is 2.23 bits per heavy atom. The van der Waals surface area contributed by atoms with Crippen molar-refractivity contribution in [1.82, 2.24) is 0 Å². The van der Waals surface area contributed by atoms with Crippen molar-refractivity contribution in [2.45, 2.75) is 35.4 Å². The second-order valence-electron chi connectivity index (χ2n) is 6.53. The second kappa shape index (κ2) is 4.71. The Bertz CT molecular complexity index is 771. The number of para-hydroxylation sites is 1. The Kier molecular flexibility index (Phi) is 2.87. The van der Waals surface area contributed by atoms with Gasteiger partial charge in [-0.25, -0.2) is 0 Å². The van der Waals surface area contributed by atoms with Crippen LogP contribution in [0.5, 0.6) is 0 Å². The number of rotatable bonds is 2. The van der Waals surface area contributed by atoms with Gasteiger partial charge in [0.2, 0.25) is 5.52 Å². The third kappa shape index (κ3) is 1.64. The van der Waals surface area contributed by atoms with Crippen LogP contribution in [0.4, 0.5) is 0 Å². The average molecular weight is 332 g/mol. The summed E-state index contributed by atoms with van der Waals surface area (Å²) in [5, 5.41) is 0.573. The Labute approximate surface area is 137 Å².